The molecule has 0 aliphatic rings. The van der Waals surface area contributed by atoms with E-state index in [1.54, 1.807) is 11.8 Å². The molecule has 0 aliphatic heterocycles. The quantitative estimate of drug-likeness (QED) is 0.669. The molecule has 1 amide bonds. The number of aromatic hydroxyl groups is 1. The Morgan fingerprint density at radius 2 is 2.11 bits per heavy atom. The Kier molecular flexibility index (Phi) is 6.21. The molecule has 0 saturated heterocycles. The molecule has 3 N–H and O–H groups in total. The van der Waals surface area contributed by atoms with Crippen molar-refractivity contribution in [3.8, 4) is 5.75 Å². The molecule has 0 unspecified atom stereocenters. The van der Waals surface area contributed by atoms with E-state index in [0.29, 0.717) is 11.4 Å². The lowest BCUT2D eigenvalue weighted by molar-refractivity contribution is -0.113. The van der Waals surface area contributed by atoms with Gasteiger partial charge in [-0.05, 0) is 24.3 Å². The molecule has 0 atom stereocenters. The number of anilines is 1. The predicted octanol–water partition coefficient (Wildman–Crippen LogP) is 2.56. The van der Waals surface area contributed by atoms with E-state index in [-0.39, 0.29) is 17.2 Å². The van der Waals surface area contributed by atoms with E-state index >= 15 is 0 Å². The van der Waals surface area contributed by atoms with Gasteiger partial charge in [-0.2, -0.15) is 11.8 Å². The third kappa shape index (κ3) is 5.21. The molecule has 0 aliphatic carbocycles. The predicted molar refractivity (Wildman–Crippen MR) is 75.9 cm³/mol. The van der Waals surface area contributed by atoms with Crippen molar-refractivity contribution in [2.75, 3.05) is 16.8 Å². The summed E-state index contributed by atoms with van der Waals surface area (Å²) < 4.78 is 0. The first-order chi connectivity index (χ1) is 9.04. The number of phenols is 1. The number of hydrogen-bond donors (Lipinski definition) is 3. The summed E-state index contributed by atoms with van der Waals surface area (Å²) in [6, 6.07) is 3.95. The average Bonchev–Trinajstić information content (AvgIpc) is 2.34. The molecule has 1 aromatic carbocycles. The molecule has 0 radical (unpaired) electrons. The number of nitrogens with one attached hydrogen (secondary N) is 1. The molecule has 0 heterocycles. The third-order valence-electron chi connectivity index (χ3n) is 2.39. The standard InChI is InChI=1S/C13H17NO4S/c1-2-3-6-19-8-12(16)14-9-4-5-10(13(17)18)11(15)7-9/h4-5,7,15H,2-3,6,8H2,1H3,(H,14,16)(H,17,18). The lowest BCUT2D eigenvalue weighted by Gasteiger charge is -2.07. The fourth-order valence-corrected chi connectivity index (χ4v) is 2.29. The summed E-state index contributed by atoms with van der Waals surface area (Å²) >= 11 is 1.55. The molecule has 0 saturated carbocycles. The van der Waals surface area contributed by atoms with E-state index in [1.165, 1.54) is 18.2 Å². The smallest absolute Gasteiger partial charge is 0.339 e. The van der Waals surface area contributed by atoms with Gasteiger partial charge in [0.05, 0.1) is 5.75 Å². The first-order valence-corrected chi connectivity index (χ1v) is 7.14. The van der Waals surface area contributed by atoms with E-state index in [1.807, 2.05) is 0 Å². The minimum atomic E-state index is -1.20. The normalized spacial score (nSPS) is 10.2. The van der Waals surface area contributed by atoms with E-state index in [9.17, 15) is 14.7 Å². The van der Waals surface area contributed by atoms with Crippen LogP contribution in [-0.2, 0) is 4.79 Å². The Morgan fingerprint density at radius 3 is 2.68 bits per heavy atom. The molecular formula is C13H17NO4S. The molecule has 0 bridgehead atoms. The number of hydrogen-bond acceptors (Lipinski definition) is 4. The van der Waals surface area contributed by atoms with Crippen LogP contribution in [0, 0.1) is 0 Å². The van der Waals surface area contributed by atoms with Crippen LogP contribution in [0.5, 0.6) is 5.75 Å². The molecule has 0 aromatic heterocycles. The largest absolute Gasteiger partial charge is 0.507 e. The Hall–Kier alpha value is -1.69. The summed E-state index contributed by atoms with van der Waals surface area (Å²) in [5, 5.41) is 20.9. The molecule has 0 spiro atoms. The zero-order valence-electron chi connectivity index (χ0n) is 10.7. The van der Waals surface area contributed by atoms with Crippen molar-refractivity contribution in [3.05, 3.63) is 23.8 Å². The number of rotatable bonds is 7. The van der Waals surface area contributed by atoms with Gasteiger partial charge in [-0.3, -0.25) is 4.79 Å². The summed E-state index contributed by atoms with van der Waals surface area (Å²) in [7, 11) is 0. The maximum atomic E-state index is 11.6. The van der Waals surface area contributed by atoms with Crippen molar-refractivity contribution in [1.29, 1.82) is 0 Å². The highest BCUT2D eigenvalue weighted by Gasteiger charge is 2.10. The SMILES string of the molecule is CCCCSCC(=O)Nc1ccc(C(=O)O)c(O)c1. The number of aromatic carboxylic acids is 1. The van der Waals surface area contributed by atoms with E-state index in [0.717, 1.165) is 18.6 Å². The number of carbonyl (C=O) groups is 2. The zero-order chi connectivity index (χ0) is 14.3. The van der Waals surface area contributed by atoms with Crippen LogP contribution < -0.4 is 5.32 Å². The number of carboxylic acid groups (broad SMARTS) is 1. The van der Waals surface area contributed by atoms with Gasteiger partial charge in [0.15, 0.2) is 0 Å². The number of carbonyl (C=O) groups excluding carboxylic acids is 1. The highest BCUT2D eigenvalue weighted by Crippen LogP contribution is 2.22. The summed E-state index contributed by atoms with van der Waals surface area (Å²) in [5.41, 5.74) is 0.207. The first-order valence-electron chi connectivity index (χ1n) is 5.98. The summed E-state index contributed by atoms with van der Waals surface area (Å²) in [5.74, 6) is -0.438. The van der Waals surface area contributed by atoms with Gasteiger partial charge in [-0.1, -0.05) is 13.3 Å². The van der Waals surface area contributed by atoms with Crippen LogP contribution in [0.1, 0.15) is 30.1 Å². The van der Waals surface area contributed by atoms with Gasteiger partial charge in [0, 0.05) is 11.8 Å². The Labute approximate surface area is 116 Å². The van der Waals surface area contributed by atoms with Gasteiger partial charge in [-0.25, -0.2) is 4.79 Å². The van der Waals surface area contributed by atoms with Crippen molar-refractivity contribution in [2.24, 2.45) is 0 Å². The van der Waals surface area contributed by atoms with Crippen LogP contribution in [0.3, 0.4) is 0 Å². The maximum absolute atomic E-state index is 11.6. The highest BCUT2D eigenvalue weighted by atomic mass is 32.2. The minimum absolute atomic E-state index is 0.163. The second-order valence-electron chi connectivity index (χ2n) is 3.99. The highest BCUT2D eigenvalue weighted by molar-refractivity contribution is 7.99. The van der Waals surface area contributed by atoms with Crippen molar-refractivity contribution in [3.63, 3.8) is 0 Å². The zero-order valence-corrected chi connectivity index (χ0v) is 11.5. The molecule has 5 nitrogen and oxygen atoms in total. The second kappa shape index (κ2) is 7.68. The summed E-state index contributed by atoms with van der Waals surface area (Å²) in [4.78, 5) is 22.3. The van der Waals surface area contributed by atoms with Crippen LogP contribution in [0.25, 0.3) is 0 Å². The van der Waals surface area contributed by atoms with Gasteiger partial charge in [0.1, 0.15) is 11.3 Å². The van der Waals surface area contributed by atoms with Crippen LogP contribution in [0.4, 0.5) is 5.69 Å². The number of benzene rings is 1. The number of unbranched alkanes of at least 4 members (excludes halogenated alkanes) is 1. The Morgan fingerprint density at radius 1 is 1.37 bits per heavy atom. The van der Waals surface area contributed by atoms with E-state index in [4.69, 9.17) is 5.11 Å². The fourth-order valence-electron chi connectivity index (χ4n) is 1.40. The lowest BCUT2D eigenvalue weighted by Crippen LogP contribution is -2.14. The number of thioether (sulfide) groups is 1. The average molecular weight is 283 g/mol. The van der Waals surface area contributed by atoms with E-state index < -0.39 is 5.97 Å². The Balaban J connectivity index is 2.51. The lowest BCUT2D eigenvalue weighted by atomic mass is 10.2. The maximum Gasteiger partial charge on any atom is 0.339 e. The van der Waals surface area contributed by atoms with Crippen LogP contribution in [0.15, 0.2) is 18.2 Å². The molecule has 1 aromatic rings. The minimum Gasteiger partial charge on any atom is -0.507 e. The van der Waals surface area contributed by atoms with Crippen molar-refractivity contribution in [1.82, 2.24) is 0 Å². The molecular weight excluding hydrogens is 266 g/mol. The first kappa shape index (κ1) is 15.4. The third-order valence-corrected chi connectivity index (χ3v) is 3.43. The monoisotopic (exact) mass is 283 g/mol. The van der Waals surface area contributed by atoms with E-state index in [2.05, 4.69) is 12.2 Å². The van der Waals surface area contributed by atoms with Gasteiger partial charge in [0.2, 0.25) is 5.91 Å². The van der Waals surface area contributed by atoms with Gasteiger partial charge in [-0.15, -0.1) is 0 Å². The molecule has 6 heteroatoms. The fraction of sp³-hybridized carbons (Fsp3) is 0.385. The van der Waals surface area contributed by atoms with Crippen molar-refractivity contribution >= 4 is 29.3 Å². The number of carboxylic acids is 1. The number of amides is 1. The second-order valence-corrected chi connectivity index (χ2v) is 5.10. The summed E-state index contributed by atoms with van der Waals surface area (Å²) in [6.45, 7) is 2.09. The molecule has 19 heavy (non-hydrogen) atoms. The van der Waals surface area contributed by atoms with Gasteiger partial charge < -0.3 is 15.5 Å². The molecule has 1 rings (SSSR count). The van der Waals surface area contributed by atoms with Crippen LogP contribution >= 0.6 is 11.8 Å². The topological polar surface area (TPSA) is 86.6 Å². The summed E-state index contributed by atoms with van der Waals surface area (Å²) in [6.07, 6.45) is 2.17. The molecule has 104 valence electrons. The molecule has 0 fully saturated rings. The van der Waals surface area contributed by atoms with Crippen LogP contribution in [-0.4, -0.2) is 33.6 Å². The van der Waals surface area contributed by atoms with Crippen molar-refractivity contribution < 1.29 is 19.8 Å². The van der Waals surface area contributed by atoms with Crippen LogP contribution in [0.2, 0.25) is 0 Å². The van der Waals surface area contributed by atoms with Crippen molar-refractivity contribution in [2.45, 2.75) is 19.8 Å². The Bertz CT molecular complexity index is 462. The van der Waals surface area contributed by atoms with Gasteiger partial charge >= 0.3 is 5.97 Å². The van der Waals surface area contributed by atoms with Gasteiger partial charge in [0.25, 0.3) is 0 Å².